The second kappa shape index (κ2) is 2.64. The first-order chi connectivity index (χ1) is 5.83. The second-order valence-electron chi connectivity index (χ2n) is 2.52. The molecule has 0 spiro atoms. The van der Waals surface area contributed by atoms with Gasteiger partial charge in [0, 0.05) is 10.9 Å². The van der Waals surface area contributed by atoms with Crippen molar-refractivity contribution in [2.75, 3.05) is 0 Å². The molecule has 12 heavy (non-hydrogen) atoms. The number of benzene rings is 1. The molecule has 0 radical (unpaired) electrons. The van der Waals surface area contributed by atoms with Gasteiger partial charge in [-0.15, -0.1) is 0 Å². The van der Waals surface area contributed by atoms with Gasteiger partial charge in [0.2, 0.25) is 0 Å². The van der Waals surface area contributed by atoms with Crippen LogP contribution >= 0.6 is 11.6 Å². The molecule has 0 aliphatic carbocycles. The van der Waals surface area contributed by atoms with Crippen molar-refractivity contribution in [3.63, 3.8) is 0 Å². The summed E-state index contributed by atoms with van der Waals surface area (Å²) in [7, 11) is 0. The van der Waals surface area contributed by atoms with E-state index in [0.717, 1.165) is 17.2 Å². The van der Waals surface area contributed by atoms with Crippen LogP contribution in [0, 0.1) is 0 Å². The summed E-state index contributed by atoms with van der Waals surface area (Å²) in [6.07, 6.45) is 0.765. The number of hydrogen-bond donors (Lipinski definition) is 1. The number of fused-ring (bicyclic) bond motifs is 1. The zero-order valence-electron chi connectivity index (χ0n) is 6.17. The van der Waals surface area contributed by atoms with E-state index < -0.39 is 0 Å². The van der Waals surface area contributed by atoms with Gasteiger partial charge in [0.15, 0.2) is 6.29 Å². The highest BCUT2D eigenvalue weighted by molar-refractivity contribution is 6.33. The van der Waals surface area contributed by atoms with Gasteiger partial charge in [0.1, 0.15) is 5.15 Å². The average Bonchev–Trinajstić information content (AvgIpc) is 2.40. The molecule has 1 aromatic heterocycles. The fraction of sp³-hybridized carbons (Fsp3) is 0. The Morgan fingerprint density at radius 2 is 2.08 bits per heavy atom. The Bertz CT molecular complexity index is 433. The van der Waals surface area contributed by atoms with Crippen LogP contribution in [0.5, 0.6) is 0 Å². The normalized spacial score (nSPS) is 10.4. The summed E-state index contributed by atoms with van der Waals surface area (Å²) in [4.78, 5) is 13.5. The minimum absolute atomic E-state index is 0.409. The monoisotopic (exact) mass is 179 g/mol. The van der Waals surface area contributed by atoms with Crippen molar-refractivity contribution < 1.29 is 4.79 Å². The van der Waals surface area contributed by atoms with Crippen molar-refractivity contribution in [1.29, 1.82) is 0 Å². The summed E-state index contributed by atoms with van der Waals surface area (Å²) in [5.41, 5.74) is 1.43. The summed E-state index contributed by atoms with van der Waals surface area (Å²) in [6, 6.07) is 7.51. The minimum Gasteiger partial charge on any atom is -0.345 e. The summed E-state index contributed by atoms with van der Waals surface area (Å²) in [6.45, 7) is 0. The van der Waals surface area contributed by atoms with Crippen LogP contribution < -0.4 is 0 Å². The van der Waals surface area contributed by atoms with Gasteiger partial charge in [-0.25, -0.2) is 0 Å². The predicted molar refractivity (Wildman–Crippen MR) is 48.7 cm³/mol. The summed E-state index contributed by atoms with van der Waals surface area (Å²) in [5.74, 6) is 0. The van der Waals surface area contributed by atoms with E-state index in [2.05, 4.69) is 4.98 Å². The average molecular weight is 180 g/mol. The Balaban J connectivity index is 2.90. The molecule has 0 bridgehead atoms. The Hall–Kier alpha value is -1.28. The van der Waals surface area contributed by atoms with Crippen molar-refractivity contribution in [2.24, 2.45) is 0 Å². The van der Waals surface area contributed by atoms with Crippen molar-refractivity contribution >= 4 is 28.8 Å². The van der Waals surface area contributed by atoms with Gasteiger partial charge in [-0.2, -0.15) is 0 Å². The standard InChI is InChI=1S/C9H6ClNO/c10-9-7(5-12)6-3-1-2-4-8(6)11-9/h1-5,11H. The molecular weight excluding hydrogens is 174 g/mol. The largest absolute Gasteiger partial charge is 0.345 e. The van der Waals surface area contributed by atoms with E-state index in [1.54, 1.807) is 0 Å². The molecule has 0 fully saturated rings. The lowest BCUT2D eigenvalue weighted by Gasteiger charge is -1.86. The first-order valence-corrected chi connectivity index (χ1v) is 3.92. The second-order valence-corrected chi connectivity index (χ2v) is 2.89. The van der Waals surface area contributed by atoms with Crippen LogP contribution in [-0.4, -0.2) is 11.3 Å². The highest BCUT2D eigenvalue weighted by atomic mass is 35.5. The first-order valence-electron chi connectivity index (χ1n) is 3.54. The van der Waals surface area contributed by atoms with E-state index in [1.807, 2.05) is 24.3 Å². The highest BCUT2D eigenvalue weighted by Crippen LogP contribution is 2.23. The third kappa shape index (κ3) is 0.924. The Kier molecular flexibility index (Phi) is 1.62. The van der Waals surface area contributed by atoms with Crippen LogP contribution in [0.4, 0.5) is 0 Å². The number of carbonyl (C=O) groups excluding carboxylic acids is 1. The third-order valence-corrected chi connectivity index (χ3v) is 2.11. The summed E-state index contributed by atoms with van der Waals surface area (Å²) >= 11 is 5.78. The number of rotatable bonds is 1. The molecule has 3 heteroatoms. The van der Waals surface area contributed by atoms with Gasteiger partial charge < -0.3 is 4.98 Å². The van der Waals surface area contributed by atoms with Gasteiger partial charge in [0.05, 0.1) is 5.56 Å². The number of carbonyl (C=O) groups is 1. The number of aldehydes is 1. The quantitative estimate of drug-likeness (QED) is 0.671. The molecule has 0 amide bonds. The fourth-order valence-electron chi connectivity index (χ4n) is 1.25. The molecule has 1 N–H and O–H groups in total. The molecular formula is C9H6ClNO. The maximum Gasteiger partial charge on any atom is 0.153 e. The molecule has 0 aliphatic rings. The SMILES string of the molecule is O=Cc1c(Cl)[nH]c2ccccc12. The zero-order chi connectivity index (χ0) is 8.55. The molecule has 1 aromatic carbocycles. The summed E-state index contributed by atoms with van der Waals surface area (Å²) < 4.78 is 0. The van der Waals surface area contributed by atoms with Crippen molar-refractivity contribution in [3.8, 4) is 0 Å². The molecule has 0 saturated heterocycles. The van der Waals surface area contributed by atoms with E-state index in [0.29, 0.717) is 10.7 Å². The van der Waals surface area contributed by atoms with Gasteiger partial charge in [0.25, 0.3) is 0 Å². The molecule has 1 heterocycles. The molecule has 2 nitrogen and oxygen atoms in total. The zero-order valence-corrected chi connectivity index (χ0v) is 6.93. The number of hydrogen-bond acceptors (Lipinski definition) is 1. The van der Waals surface area contributed by atoms with E-state index >= 15 is 0 Å². The van der Waals surface area contributed by atoms with Gasteiger partial charge in [-0.3, -0.25) is 4.79 Å². The summed E-state index contributed by atoms with van der Waals surface area (Å²) in [5, 5.41) is 1.28. The number of halogens is 1. The van der Waals surface area contributed by atoms with Crippen LogP contribution in [-0.2, 0) is 0 Å². The number of para-hydroxylation sites is 1. The van der Waals surface area contributed by atoms with Crippen LogP contribution in [0.3, 0.4) is 0 Å². The van der Waals surface area contributed by atoms with Gasteiger partial charge >= 0.3 is 0 Å². The molecule has 60 valence electrons. The Labute approximate surface area is 74.2 Å². The van der Waals surface area contributed by atoms with E-state index in [9.17, 15) is 4.79 Å². The van der Waals surface area contributed by atoms with Crippen molar-refractivity contribution in [1.82, 2.24) is 4.98 Å². The predicted octanol–water partition coefficient (Wildman–Crippen LogP) is 2.63. The van der Waals surface area contributed by atoms with E-state index in [1.165, 1.54) is 0 Å². The van der Waals surface area contributed by atoms with Crippen LogP contribution in [0.1, 0.15) is 10.4 Å². The molecule has 0 saturated carbocycles. The fourth-order valence-corrected chi connectivity index (χ4v) is 1.49. The van der Waals surface area contributed by atoms with Crippen LogP contribution in [0.2, 0.25) is 5.15 Å². The lowest BCUT2D eigenvalue weighted by molar-refractivity contribution is 0.112. The van der Waals surface area contributed by atoms with Crippen molar-refractivity contribution in [2.45, 2.75) is 0 Å². The highest BCUT2D eigenvalue weighted by Gasteiger charge is 2.06. The van der Waals surface area contributed by atoms with E-state index in [-0.39, 0.29) is 0 Å². The maximum absolute atomic E-state index is 10.6. The van der Waals surface area contributed by atoms with Gasteiger partial charge in [-0.1, -0.05) is 29.8 Å². The molecule has 0 aliphatic heterocycles. The number of H-pyrrole nitrogens is 1. The third-order valence-electron chi connectivity index (χ3n) is 1.82. The van der Waals surface area contributed by atoms with Crippen molar-refractivity contribution in [3.05, 3.63) is 35.0 Å². The lowest BCUT2D eigenvalue weighted by Crippen LogP contribution is -1.74. The molecule has 2 rings (SSSR count). The molecule has 2 aromatic rings. The molecule has 0 atom stereocenters. The van der Waals surface area contributed by atoms with Crippen LogP contribution in [0.15, 0.2) is 24.3 Å². The lowest BCUT2D eigenvalue weighted by atomic mass is 10.2. The molecule has 0 unspecified atom stereocenters. The number of nitrogens with one attached hydrogen (secondary N) is 1. The minimum atomic E-state index is 0.409. The first kappa shape index (κ1) is 7.37. The smallest absolute Gasteiger partial charge is 0.153 e. The number of aromatic nitrogens is 1. The van der Waals surface area contributed by atoms with E-state index in [4.69, 9.17) is 11.6 Å². The Morgan fingerprint density at radius 1 is 1.33 bits per heavy atom. The Morgan fingerprint density at radius 3 is 2.83 bits per heavy atom. The topological polar surface area (TPSA) is 32.9 Å². The maximum atomic E-state index is 10.6. The number of aromatic amines is 1. The van der Waals surface area contributed by atoms with Crippen LogP contribution in [0.25, 0.3) is 10.9 Å². The van der Waals surface area contributed by atoms with Gasteiger partial charge in [-0.05, 0) is 6.07 Å².